The third kappa shape index (κ3) is 18.0. The minimum absolute atomic E-state index is 0. The van der Waals surface area contributed by atoms with Crippen LogP contribution in [0.4, 0.5) is 0 Å². The number of benzene rings is 1. The maximum atomic E-state index is 13.7. The molecule has 0 spiro atoms. The Hall–Kier alpha value is -5.15. The molecule has 21 nitrogen and oxygen atoms in total. The third-order valence-electron chi connectivity index (χ3n) is 8.38. The van der Waals surface area contributed by atoms with Crippen molar-refractivity contribution in [3.8, 4) is 0 Å². The van der Waals surface area contributed by atoms with E-state index in [9.17, 15) is 58.8 Å². The van der Waals surface area contributed by atoms with Crippen LogP contribution in [0.25, 0.3) is 0 Å². The van der Waals surface area contributed by atoms with Crippen LogP contribution in [-0.4, -0.2) is 141 Å². The van der Waals surface area contributed by atoms with Gasteiger partial charge in [-0.3, -0.25) is 58.8 Å². The van der Waals surface area contributed by atoms with Gasteiger partial charge in [0.05, 0.1) is 13.1 Å². The zero-order valence-electron chi connectivity index (χ0n) is 31.4. The molecule has 9 N–H and O–H groups in total. The molecule has 0 aromatic heterocycles. The van der Waals surface area contributed by atoms with Gasteiger partial charge in [0.25, 0.3) is 0 Å². The van der Waals surface area contributed by atoms with Crippen LogP contribution in [-0.2, 0) is 66.6 Å². The number of hydrogen-bond donors (Lipinski definition) is 9. The van der Waals surface area contributed by atoms with Crippen LogP contribution in [0, 0.1) is 0 Å². The van der Waals surface area contributed by atoms with E-state index < -0.39 is 90.4 Å². The number of hydrogen-bond acceptors (Lipinski definition) is 12. The van der Waals surface area contributed by atoms with Gasteiger partial charge in [0, 0.05) is 63.9 Å². The maximum absolute atomic E-state index is 13.7. The van der Waals surface area contributed by atoms with E-state index in [1.807, 2.05) is 0 Å². The molecule has 1 aliphatic heterocycles. The summed E-state index contributed by atoms with van der Waals surface area (Å²) in [5.41, 5.74) is 0.660. The minimum Gasteiger partial charge on any atom is -0.345 e. The van der Waals surface area contributed by atoms with Gasteiger partial charge < -0.3 is 31.9 Å². The molecule has 1 saturated heterocycles. The summed E-state index contributed by atoms with van der Waals surface area (Å²) in [5, 5.41) is 45.6. The molecule has 1 aromatic carbocycles. The van der Waals surface area contributed by atoms with Crippen LogP contribution in [0.2, 0.25) is 0 Å². The van der Waals surface area contributed by atoms with Gasteiger partial charge in [0.2, 0.25) is 53.2 Å². The molecule has 312 valence electrons. The fraction of sp³-hybridized carbons (Fsp3) is 0.559. The summed E-state index contributed by atoms with van der Waals surface area (Å²) in [4.78, 5) is 115. The number of nitrogens with zero attached hydrogens (tertiary/aromatic N) is 3. The fourth-order valence-corrected chi connectivity index (χ4v) is 5.29. The number of nitrogens with one attached hydrogen (secondary N) is 6. The van der Waals surface area contributed by atoms with Crippen molar-refractivity contribution in [3.63, 3.8) is 0 Å². The Morgan fingerprint density at radius 2 is 0.893 bits per heavy atom. The van der Waals surface area contributed by atoms with Crippen molar-refractivity contribution in [2.24, 2.45) is 0 Å². The zero-order chi connectivity index (χ0) is 41.1. The predicted octanol–water partition coefficient (Wildman–Crippen LogP) is -2.53. The second kappa shape index (κ2) is 25.1. The van der Waals surface area contributed by atoms with Gasteiger partial charge in [-0.2, -0.15) is 0 Å². The van der Waals surface area contributed by atoms with Crippen molar-refractivity contribution in [1.82, 2.24) is 47.1 Å². The second-order valence-corrected chi connectivity index (χ2v) is 12.8. The minimum atomic E-state index is -1.43. The molecule has 9 amide bonds. The Morgan fingerprint density at radius 3 is 1.29 bits per heavy atom. The van der Waals surface area contributed by atoms with Crippen molar-refractivity contribution in [3.05, 3.63) is 35.9 Å². The number of carbonyl (C=O) groups excluding carboxylic acids is 9. The van der Waals surface area contributed by atoms with E-state index in [1.54, 1.807) is 30.3 Å². The molecular formula is C34H51FeN9O12. The van der Waals surface area contributed by atoms with Crippen molar-refractivity contribution in [2.45, 2.75) is 89.9 Å². The zero-order valence-corrected chi connectivity index (χ0v) is 32.5. The van der Waals surface area contributed by atoms with Crippen molar-refractivity contribution in [2.75, 3.05) is 32.7 Å². The van der Waals surface area contributed by atoms with E-state index in [4.69, 9.17) is 0 Å². The Labute approximate surface area is 334 Å². The molecule has 56 heavy (non-hydrogen) atoms. The number of amides is 9. The molecule has 22 heteroatoms. The molecule has 4 atom stereocenters. The maximum Gasteiger partial charge on any atom is 0.243 e. The first-order valence-corrected chi connectivity index (χ1v) is 17.7. The Balaban J connectivity index is 0.0000157. The SMILES string of the molecule is CC(=O)N(O)CCCC1NC(=O)CNC(=O)C(Cc2ccccc2)NC(=O)CNC(=O)C(CCCN(O)C(C)=O)NC(=O)C(CCCN(O)C(C)=O)NC1=O.[Fe]. The molecule has 0 aliphatic carbocycles. The quantitative estimate of drug-likeness (QED) is 0.0533. The van der Waals surface area contributed by atoms with Crippen molar-refractivity contribution >= 4 is 53.2 Å². The van der Waals surface area contributed by atoms with Crippen LogP contribution in [0.1, 0.15) is 64.9 Å². The van der Waals surface area contributed by atoms with Gasteiger partial charge in [-0.05, 0) is 44.1 Å². The van der Waals surface area contributed by atoms with E-state index >= 15 is 0 Å². The summed E-state index contributed by atoms with van der Waals surface area (Å²) in [5.74, 6) is -7.07. The number of carbonyl (C=O) groups is 9. The van der Waals surface area contributed by atoms with Crippen molar-refractivity contribution in [1.29, 1.82) is 0 Å². The van der Waals surface area contributed by atoms with Crippen LogP contribution in [0.15, 0.2) is 30.3 Å². The molecular weight excluding hydrogens is 782 g/mol. The monoisotopic (exact) mass is 833 g/mol. The van der Waals surface area contributed by atoms with E-state index in [0.29, 0.717) is 20.8 Å². The van der Waals surface area contributed by atoms with E-state index in [0.717, 1.165) is 20.8 Å². The Kier molecular flexibility index (Phi) is 21.9. The molecule has 4 unspecified atom stereocenters. The topological polar surface area (TPSA) is 296 Å². The largest absolute Gasteiger partial charge is 0.345 e. The summed E-state index contributed by atoms with van der Waals surface area (Å²) in [6.45, 7) is 1.36. The number of hydroxylamine groups is 6. The van der Waals surface area contributed by atoms with Gasteiger partial charge in [-0.1, -0.05) is 30.3 Å². The number of rotatable bonds is 14. The Morgan fingerprint density at radius 1 is 0.554 bits per heavy atom. The van der Waals surface area contributed by atoms with E-state index in [-0.39, 0.29) is 81.6 Å². The summed E-state index contributed by atoms with van der Waals surface area (Å²) < 4.78 is 0. The average Bonchev–Trinajstić information content (AvgIpc) is 3.13. The van der Waals surface area contributed by atoms with Crippen LogP contribution < -0.4 is 31.9 Å². The van der Waals surface area contributed by atoms with Gasteiger partial charge in [-0.15, -0.1) is 0 Å². The van der Waals surface area contributed by atoms with Gasteiger partial charge in [0.1, 0.15) is 24.2 Å². The summed E-state index contributed by atoms with van der Waals surface area (Å²) in [6.07, 6.45) is -0.566. The summed E-state index contributed by atoms with van der Waals surface area (Å²) in [6, 6.07) is 3.22. The molecule has 2 rings (SSSR count). The van der Waals surface area contributed by atoms with Gasteiger partial charge >= 0.3 is 0 Å². The molecule has 0 radical (unpaired) electrons. The molecule has 1 aliphatic rings. The standard InChI is InChI=1S/C34H51N9O12.Fe/c1-21(44)41(53)15-7-12-25-31(49)35-20-30(48)38-28(18-24-10-5-4-6-11-24)32(50)36-19-29(47)37-26(13-8-16-42(54)22(2)45)33(51)40-27(34(52)39-25)14-9-17-43(55)23(3)46;/h4-6,10-11,25-28,53-55H,7-9,12-20H2,1-3H3,(H,35,49)(H,36,50)(H,37,47)(H,38,48)(H,39,52)(H,40,51);. The first-order chi connectivity index (χ1) is 26.0. The van der Waals surface area contributed by atoms with Crippen LogP contribution in [0.5, 0.6) is 0 Å². The first kappa shape index (κ1) is 48.9. The third-order valence-corrected chi connectivity index (χ3v) is 8.38. The molecule has 1 fully saturated rings. The second-order valence-electron chi connectivity index (χ2n) is 12.8. The van der Waals surface area contributed by atoms with Crippen molar-refractivity contribution < 1.29 is 75.8 Å². The Bertz CT molecular complexity index is 1510. The summed E-state index contributed by atoms with van der Waals surface area (Å²) in [7, 11) is 0. The molecule has 0 saturated carbocycles. The van der Waals surface area contributed by atoms with E-state index in [2.05, 4.69) is 31.9 Å². The molecule has 1 heterocycles. The molecule has 0 bridgehead atoms. The summed E-state index contributed by atoms with van der Waals surface area (Å²) >= 11 is 0. The smallest absolute Gasteiger partial charge is 0.243 e. The van der Waals surface area contributed by atoms with E-state index in [1.165, 1.54) is 0 Å². The average molecular weight is 834 g/mol. The first-order valence-electron chi connectivity index (χ1n) is 17.7. The van der Waals surface area contributed by atoms with Gasteiger partial charge in [0.15, 0.2) is 0 Å². The van der Waals surface area contributed by atoms with Crippen LogP contribution >= 0.6 is 0 Å². The normalized spacial score (nSPS) is 19.9. The van der Waals surface area contributed by atoms with Gasteiger partial charge in [-0.25, -0.2) is 15.2 Å². The van der Waals surface area contributed by atoms with Crippen LogP contribution in [0.3, 0.4) is 0 Å². The fourth-order valence-electron chi connectivity index (χ4n) is 5.29. The predicted molar refractivity (Wildman–Crippen MR) is 189 cm³/mol. The molecule has 1 aromatic rings.